The van der Waals surface area contributed by atoms with Gasteiger partial charge in [0.2, 0.25) is 5.89 Å². The Balaban J connectivity index is 2.41. The number of oxime groups is 1. The van der Waals surface area contributed by atoms with Gasteiger partial charge in [0.15, 0.2) is 11.7 Å². The molecule has 0 saturated carbocycles. The van der Waals surface area contributed by atoms with E-state index in [1.807, 2.05) is 0 Å². The van der Waals surface area contributed by atoms with Gasteiger partial charge in [-0.15, -0.1) is 0 Å². The van der Waals surface area contributed by atoms with Crippen LogP contribution in [0.5, 0.6) is 0 Å². The lowest BCUT2D eigenvalue weighted by atomic mass is 10.3. The molecule has 78 valence electrons. The monoisotopic (exact) mass is 199 g/mol. The molecule has 1 unspecified atom stereocenters. The van der Waals surface area contributed by atoms with Crippen LogP contribution in [0.1, 0.15) is 18.6 Å². The van der Waals surface area contributed by atoms with Crippen LogP contribution in [-0.4, -0.2) is 27.2 Å². The summed E-state index contributed by atoms with van der Waals surface area (Å²) in [7, 11) is 0. The third-order valence-corrected chi connectivity index (χ3v) is 1.69. The second-order valence-electron chi connectivity index (χ2n) is 2.86. The first-order valence-electron chi connectivity index (χ1n) is 4.13. The Bertz CT molecular complexity index is 322. The molecule has 14 heavy (non-hydrogen) atoms. The van der Waals surface area contributed by atoms with Gasteiger partial charge in [-0.2, -0.15) is 4.98 Å². The SMILES string of the molecule is Cc1noc(CNC(C)C(N)=NO)n1. The van der Waals surface area contributed by atoms with Crippen molar-refractivity contribution in [1.29, 1.82) is 0 Å². The maximum absolute atomic E-state index is 8.38. The van der Waals surface area contributed by atoms with Gasteiger partial charge in [0, 0.05) is 0 Å². The molecule has 0 aliphatic heterocycles. The van der Waals surface area contributed by atoms with E-state index in [9.17, 15) is 0 Å². The second-order valence-corrected chi connectivity index (χ2v) is 2.86. The largest absolute Gasteiger partial charge is 0.409 e. The zero-order valence-electron chi connectivity index (χ0n) is 8.06. The molecule has 7 heteroatoms. The Kier molecular flexibility index (Phi) is 3.41. The zero-order chi connectivity index (χ0) is 10.6. The van der Waals surface area contributed by atoms with Crippen LogP contribution in [-0.2, 0) is 6.54 Å². The van der Waals surface area contributed by atoms with Crippen molar-refractivity contribution in [3.05, 3.63) is 11.7 Å². The lowest BCUT2D eigenvalue weighted by Crippen LogP contribution is -2.38. The van der Waals surface area contributed by atoms with Gasteiger partial charge in [0.25, 0.3) is 0 Å². The molecule has 1 heterocycles. The Hall–Kier alpha value is -1.63. The molecule has 0 aliphatic rings. The van der Waals surface area contributed by atoms with Crippen LogP contribution in [0.15, 0.2) is 9.68 Å². The number of aromatic nitrogens is 2. The molecule has 7 nitrogen and oxygen atoms in total. The molecule has 0 saturated heterocycles. The Morgan fingerprint density at radius 2 is 2.50 bits per heavy atom. The van der Waals surface area contributed by atoms with Gasteiger partial charge >= 0.3 is 0 Å². The lowest BCUT2D eigenvalue weighted by molar-refractivity contribution is 0.314. The summed E-state index contributed by atoms with van der Waals surface area (Å²) in [5.74, 6) is 1.17. The predicted molar refractivity (Wildman–Crippen MR) is 48.7 cm³/mol. The van der Waals surface area contributed by atoms with Crippen LogP contribution in [0.2, 0.25) is 0 Å². The predicted octanol–water partition coefficient (Wildman–Crippen LogP) is -0.397. The minimum atomic E-state index is -0.243. The van der Waals surface area contributed by atoms with Gasteiger partial charge in [-0.25, -0.2) is 0 Å². The number of hydrogen-bond donors (Lipinski definition) is 3. The fraction of sp³-hybridized carbons (Fsp3) is 0.571. The standard InChI is InChI=1S/C7H13N5O2/c1-4(7(8)11-13)9-3-6-10-5(2)12-14-6/h4,9,13H,3H2,1-2H3,(H2,8,11). The topological polar surface area (TPSA) is 110 Å². The highest BCUT2D eigenvalue weighted by Gasteiger charge is 2.08. The molecule has 4 N–H and O–H groups in total. The highest BCUT2D eigenvalue weighted by atomic mass is 16.5. The number of nitrogens with zero attached hydrogens (tertiary/aromatic N) is 3. The minimum absolute atomic E-state index is 0.112. The molecule has 0 amide bonds. The summed E-state index contributed by atoms with van der Waals surface area (Å²) >= 11 is 0. The minimum Gasteiger partial charge on any atom is -0.409 e. The van der Waals surface area contributed by atoms with E-state index in [1.165, 1.54) is 0 Å². The van der Waals surface area contributed by atoms with Gasteiger partial charge in [0.1, 0.15) is 0 Å². The molecule has 0 aliphatic carbocycles. The molecular weight excluding hydrogens is 186 g/mol. The van der Waals surface area contributed by atoms with Gasteiger partial charge in [-0.3, -0.25) is 5.32 Å². The van der Waals surface area contributed by atoms with E-state index >= 15 is 0 Å². The highest BCUT2D eigenvalue weighted by molar-refractivity contribution is 5.84. The molecular formula is C7H13N5O2. The summed E-state index contributed by atoms with van der Waals surface area (Å²) in [6, 6.07) is -0.243. The number of hydrogen-bond acceptors (Lipinski definition) is 6. The van der Waals surface area contributed by atoms with Crippen molar-refractivity contribution >= 4 is 5.84 Å². The van der Waals surface area contributed by atoms with Gasteiger partial charge in [0.05, 0.1) is 12.6 Å². The van der Waals surface area contributed by atoms with E-state index in [0.717, 1.165) is 0 Å². The van der Waals surface area contributed by atoms with Crippen LogP contribution >= 0.6 is 0 Å². The number of rotatable bonds is 4. The molecule has 0 fully saturated rings. The zero-order valence-corrected chi connectivity index (χ0v) is 8.06. The van der Waals surface area contributed by atoms with Crippen LogP contribution in [0.25, 0.3) is 0 Å². The first-order chi connectivity index (χ1) is 6.63. The number of nitrogens with two attached hydrogens (primary N) is 1. The van der Waals surface area contributed by atoms with Gasteiger partial charge in [-0.1, -0.05) is 10.3 Å². The molecule has 1 aromatic heterocycles. The molecule has 0 radical (unpaired) electrons. The molecule has 0 aromatic carbocycles. The number of amidine groups is 1. The van der Waals surface area contributed by atoms with Crippen LogP contribution in [0, 0.1) is 6.92 Å². The van der Waals surface area contributed by atoms with E-state index in [1.54, 1.807) is 13.8 Å². The number of nitrogens with one attached hydrogen (secondary N) is 1. The highest BCUT2D eigenvalue weighted by Crippen LogP contribution is 1.95. The molecule has 1 aromatic rings. The first-order valence-corrected chi connectivity index (χ1v) is 4.13. The summed E-state index contributed by atoms with van der Waals surface area (Å²) in [6.07, 6.45) is 0. The molecule has 1 rings (SSSR count). The third-order valence-electron chi connectivity index (χ3n) is 1.69. The van der Waals surface area contributed by atoms with Crippen molar-refractivity contribution in [2.75, 3.05) is 0 Å². The van der Waals surface area contributed by atoms with Gasteiger partial charge in [-0.05, 0) is 13.8 Å². The Morgan fingerprint density at radius 1 is 1.79 bits per heavy atom. The van der Waals surface area contributed by atoms with E-state index in [4.69, 9.17) is 15.5 Å². The van der Waals surface area contributed by atoms with Crippen molar-refractivity contribution in [3.63, 3.8) is 0 Å². The average Bonchev–Trinajstić information content (AvgIpc) is 2.59. The Labute approximate surface area is 81.0 Å². The van der Waals surface area contributed by atoms with E-state index in [-0.39, 0.29) is 11.9 Å². The van der Waals surface area contributed by atoms with Crippen LogP contribution in [0.4, 0.5) is 0 Å². The van der Waals surface area contributed by atoms with E-state index in [0.29, 0.717) is 18.3 Å². The third kappa shape index (κ3) is 2.70. The lowest BCUT2D eigenvalue weighted by Gasteiger charge is -2.09. The van der Waals surface area contributed by atoms with Crippen molar-refractivity contribution in [2.45, 2.75) is 26.4 Å². The van der Waals surface area contributed by atoms with Crippen molar-refractivity contribution < 1.29 is 9.73 Å². The second kappa shape index (κ2) is 4.56. The smallest absolute Gasteiger partial charge is 0.240 e. The molecule has 1 atom stereocenters. The summed E-state index contributed by atoms with van der Waals surface area (Å²) in [5, 5.41) is 17.8. The average molecular weight is 199 g/mol. The Morgan fingerprint density at radius 3 is 3.00 bits per heavy atom. The van der Waals surface area contributed by atoms with Crippen molar-refractivity contribution in [3.8, 4) is 0 Å². The first kappa shape index (κ1) is 10.5. The maximum atomic E-state index is 8.38. The van der Waals surface area contributed by atoms with Crippen LogP contribution < -0.4 is 11.1 Å². The quantitative estimate of drug-likeness (QED) is 0.263. The molecule has 0 spiro atoms. The summed E-state index contributed by atoms with van der Waals surface area (Å²) < 4.78 is 4.86. The van der Waals surface area contributed by atoms with E-state index in [2.05, 4.69) is 20.6 Å². The maximum Gasteiger partial charge on any atom is 0.240 e. The summed E-state index contributed by atoms with van der Waals surface area (Å²) in [4.78, 5) is 3.98. The van der Waals surface area contributed by atoms with Crippen LogP contribution in [0.3, 0.4) is 0 Å². The molecule has 0 bridgehead atoms. The van der Waals surface area contributed by atoms with Gasteiger partial charge < -0.3 is 15.5 Å². The van der Waals surface area contributed by atoms with Crippen molar-refractivity contribution in [2.24, 2.45) is 10.9 Å². The number of aryl methyl sites for hydroxylation is 1. The fourth-order valence-corrected chi connectivity index (χ4v) is 0.843. The van der Waals surface area contributed by atoms with Crippen molar-refractivity contribution in [1.82, 2.24) is 15.5 Å². The summed E-state index contributed by atoms with van der Waals surface area (Å²) in [6.45, 7) is 3.89. The fourth-order valence-electron chi connectivity index (χ4n) is 0.843. The normalized spacial score (nSPS) is 14.3. The van der Waals surface area contributed by atoms with E-state index < -0.39 is 0 Å². The summed E-state index contributed by atoms with van der Waals surface area (Å²) in [5.41, 5.74) is 5.36.